The average molecular weight is 226 g/mol. The van der Waals surface area contributed by atoms with Crippen LogP contribution in [0.25, 0.3) is 0 Å². The molecule has 1 heterocycles. The maximum atomic E-state index is 11.6. The van der Waals surface area contributed by atoms with Crippen molar-refractivity contribution in [1.82, 2.24) is 10.6 Å². The highest BCUT2D eigenvalue weighted by atomic mass is 16.4. The van der Waals surface area contributed by atoms with Crippen LogP contribution in [0.1, 0.15) is 32.6 Å². The SMILES string of the molecule is CCC1CNCCC1(NCC1CC1)C(=O)O. The van der Waals surface area contributed by atoms with Gasteiger partial charge in [0.2, 0.25) is 0 Å². The highest BCUT2D eigenvalue weighted by molar-refractivity contribution is 5.79. The maximum Gasteiger partial charge on any atom is 0.324 e. The molecule has 1 aliphatic heterocycles. The third-order valence-electron chi connectivity index (χ3n) is 4.06. The van der Waals surface area contributed by atoms with E-state index in [4.69, 9.17) is 0 Å². The van der Waals surface area contributed by atoms with Crippen LogP contribution in [0.4, 0.5) is 0 Å². The topological polar surface area (TPSA) is 61.4 Å². The molecule has 2 unspecified atom stereocenters. The van der Waals surface area contributed by atoms with Gasteiger partial charge in [-0.05, 0) is 44.7 Å². The molecule has 2 atom stereocenters. The largest absolute Gasteiger partial charge is 0.480 e. The molecule has 1 saturated heterocycles. The van der Waals surface area contributed by atoms with E-state index in [-0.39, 0.29) is 5.92 Å². The quantitative estimate of drug-likeness (QED) is 0.650. The predicted octanol–water partition coefficient (Wildman–Crippen LogP) is 0.829. The summed E-state index contributed by atoms with van der Waals surface area (Å²) in [6, 6.07) is 0. The minimum atomic E-state index is -0.678. The Kier molecular flexibility index (Phi) is 3.50. The maximum absolute atomic E-state index is 11.6. The van der Waals surface area contributed by atoms with Gasteiger partial charge in [-0.15, -0.1) is 0 Å². The number of carboxylic acids is 1. The van der Waals surface area contributed by atoms with E-state index >= 15 is 0 Å². The first kappa shape index (κ1) is 11.9. The van der Waals surface area contributed by atoms with Crippen molar-refractivity contribution in [3.8, 4) is 0 Å². The molecule has 2 rings (SSSR count). The van der Waals surface area contributed by atoms with E-state index < -0.39 is 11.5 Å². The zero-order valence-electron chi connectivity index (χ0n) is 9.96. The first-order valence-electron chi connectivity index (χ1n) is 6.38. The number of carbonyl (C=O) groups is 1. The van der Waals surface area contributed by atoms with Gasteiger partial charge in [-0.3, -0.25) is 4.79 Å². The van der Waals surface area contributed by atoms with Crippen LogP contribution in [0, 0.1) is 11.8 Å². The fourth-order valence-corrected chi connectivity index (χ4v) is 2.67. The zero-order chi connectivity index (χ0) is 11.6. The minimum Gasteiger partial charge on any atom is -0.480 e. The lowest BCUT2D eigenvalue weighted by atomic mass is 9.76. The Hall–Kier alpha value is -0.610. The van der Waals surface area contributed by atoms with E-state index in [2.05, 4.69) is 17.6 Å². The van der Waals surface area contributed by atoms with Gasteiger partial charge >= 0.3 is 5.97 Å². The van der Waals surface area contributed by atoms with Crippen molar-refractivity contribution < 1.29 is 9.90 Å². The Labute approximate surface area is 96.8 Å². The molecule has 0 spiro atoms. The molecule has 1 saturated carbocycles. The summed E-state index contributed by atoms with van der Waals surface area (Å²) >= 11 is 0. The summed E-state index contributed by atoms with van der Waals surface area (Å²) in [6.07, 6.45) is 4.14. The molecule has 3 N–H and O–H groups in total. The van der Waals surface area contributed by atoms with Gasteiger partial charge in [0, 0.05) is 12.5 Å². The highest BCUT2D eigenvalue weighted by Gasteiger charge is 2.46. The molecule has 0 aromatic heterocycles. The summed E-state index contributed by atoms with van der Waals surface area (Å²) in [6.45, 7) is 4.58. The molecule has 2 aliphatic rings. The van der Waals surface area contributed by atoms with Gasteiger partial charge in [0.05, 0.1) is 0 Å². The number of nitrogens with one attached hydrogen (secondary N) is 2. The van der Waals surface area contributed by atoms with Crippen LogP contribution in [-0.4, -0.2) is 36.2 Å². The first-order chi connectivity index (χ1) is 7.69. The number of piperidine rings is 1. The Morgan fingerprint density at radius 2 is 2.31 bits per heavy atom. The van der Waals surface area contributed by atoms with Crippen LogP contribution in [0.3, 0.4) is 0 Å². The summed E-state index contributed by atoms with van der Waals surface area (Å²) < 4.78 is 0. The van der Waals surface area contributed by atoms with Crippen molar-refractivity contribution >= 4 is 5.97 Å². The molecule has 0 aromatic carbocycles. The lowest BCUT2D eigenvalue weighted by Gasteiger charge is -2.41. The van der Waals surface area contributed by atoms with Gasteiger partial charge in [-0.2, -0.15) is 0 Å². The van der Waals surface area contributed by atoms with Crippen molar-refractivity contribution in [3.63, 3.8) is 0 Å². The van der Waals surface area contributed by atoms with Gasteiger partial charge in [0.25, 0.3) is 0 Å². The second-order valence-electron chi connectivity index (χ2n) is 5.16. The number of aliphatic carboxylic acids is 1. The minimum absolute atomic E-state index is 0.206. The fraction of sp³-hybridized carbons (Fsp3) is 0.917. The van der Waals surface area contributed by atoms with E-state index in [1.165, 1.54) is 12.8 Å². The normalized spacial score (nSPS) is 34.9. The molecule has 0 radical (unpaired) electrons. The predicted molar refractivity (Wildman–Crippen MR) is 62.4 cm³/mol. The molecule has 16 heavy (non-hydrogen) atoms. The highest BCUT2D eigenvalue weighted by Crippen LogP contribution is 2.32. The Balaban J connectivity index is 2.06. The van der Waals surface area contributed by atoms with Crippen molar-refractivity contribution in [2.75, 3.05) is 19.6 Å². The summed E-state index contributed by atoms with van der Waals surface area (Å²) in [5.41, 5.74) is -0.678. The van der Waals surface area contributed by atoms with Gasteiger partial charge in [-0.25, -0.2) is 0 Å². The van der Waals surface area contributed by atoms with E-state index in [0.29, 0.717) is 6.42 Å². The third kappa shape index (κ3) is 2.23. The van der Waals surface area contributed by atoms with Gasteiger partial charge in [0.15, 0.2) is 0 Å². The van der Waals surface area contributed by atoms with E-state index in [9.17, 15) is 9.90 Å². The number of hydrogen-bond acceptors (Lipinski definition) is 3. The van der Waals surface area contributed by atoms with Crippen molar-refractivity contribution in [1.29, 1.82) is 0 Å². The molecule has 2 fully saturated rings. The molecule has 1 aliphatic carbocycles. The molecule has 4 heteroatoms. The Morgan fingerprint density at radius 1 is 1.56 bits per heavy atom. The second kappa shape index (κ2) is 4.72. The first-order valence-corrected chi connectivity index (χ1v) is 6.38. The second-order valence-corrected chi connectivity index (χ2v) is 5.16. The third-order valence-corrected chi connectivity index (χ3v) is 4.06. The zero-order valence-corrected chi connectivity index (χ0v) is 9.96. The van der Waals surface area contributed by atoms with Gasteiger partial charge < -0.3 is 15.7 Å². The van der Waals surface area contributed by atoms with Crippen molar-refractivity contribution in [2.24, 2.45) is 11.8 Å². The number of rotatable bonds is 5. The molecular formula is C12H22N2O2. The fourth-order valence-electron chi connectivity index (χ4n) is 2.67. The number of hydrogen-bond donors (Lipinski definition) is 3. The summed E-state index contributed by atoms with van der Waals surface area (Å²) in [7, 11) is 0. The molecular weight excluding hydrogens is 204 g/mol. The lowest BCUT2D eigenvalue weighted by Crippen LogP contribution is -2.63. The van der Waals surface area contributed by atoms with Crippen LogP contribution in [0.15, 0.2) is 0 Å². The molecule has 0 amide bonds. The van der Waals surface area contributed by atoms with E-state index in [1.807, 2.05) is 0 Å². The van der Waals surface area contributed by atoms with Crippen LogP contribution in [-0.2, 0) is 4.79 Å². The Bertz CT molecular complexity index is 266. The molecule has 4 nitrogen and oxygen atoms in total. The number of carboxylic acid groups (broad SMARTS) is 1. The molecule has 0 aromatic rings. The average Bonchev–Trinajstić information content (AvgIpc) is 3.10. The van der Waals surface area contributed by atoms with Crippen molar-refractivity contribution in [3.05, 3.63) is 0 Å². The van der Waals surface area contributed by atoms with Crippen LogP contribution < -0.4 is 10.6 Å². The van der Waals surface area contributed by atoms with E-state index in [0.717, 1.165) is 32.0 Å². The monoisotopic (exact) mass is 226 g/mol. The smallest absolute Gasteiger partial charge is 0.324 e. The summed E-state index contributed by atoms with van der Waals surface area (Å²) in [4.78, 5) is 11.6. The van der Waals surface area contributed by atoms with Crippen LogP contribution in [0.2, 0.25) is 0 Å². The van der Waals surface area contributed by atoms with Gasteiger partial charge in [-0.1, -0.05) is 6.92 Å². The molecule has 0 bridgehead atoms. The van der Waals surface area contributed by atoms with Crippen LogP contribution >= 0.6 is 0 Å². The summed E-state index contributed by atoms with van der Waals surface area (Å²) in [5, 5.41) is 16.2. The molecule has 92 valence electrons. The summed E-state index contributed by atoms with van der Waals surface area (Å²) in [5.74, 6) is 0.266. The standard InChI is InChI=1S/C12H22N2O2/c1-2-10-8-13-6-5-12(10,11(15)16)14-7-9-3-4-9/h9-10,13-14H,2-8H2,1H3,(H,15,16). The van der Waals surface area contributed by atoms with Crippen LogP contribution in [0.5, 0.6) is 0 Å². The Morgan fingerprint density at radius 3 is 2.88 bits per heavy atom. The van der Waals surface area contributed by atoms with Crippen molar-refractivity contribution in [2.45, 2.75) is 38.1 Å². The van der Waals surface area contributed by atoms with Gasteiger partial charge in [0.1, 0.15) is 5.54 Å². The lowest BCUT2D eigenvalue weighted by molar-refractivity contribution is -0.149. The van der Waals surface area contributed by atoms with E-state index in [1.54, 1.807) is 0 Å².